The van der Waals surface area contributed by atoms with Crippen molar-refractivity contribution in [2.75, 3.05) is 18.8 Å². The second-order valence-electron chi connectivity index (χ2n) is 5.66. The summed E-state index contributed by atoms with van der Waals surface area (Å²) in [6, 6.07) is 8.10. The van der Waals surface area contributed by atoms with Crippen molar-refractivity contribution in [3.05, 3.63) is 35.4 Å². The lowest BCUT2D eigenvalue weighted by Gasteiger charge is -2.35. The number of thioether (sulfide) groups is 1. The monoisotopic (exact) mass is 305 g/mol. The minimum Gasteiger partial charge on any atom is -0.481 e. The number of fused-ring (bicyclic) bond motifs is 1. The molecule has 0 aliphatic carbocycles. The minimum absolute atomic E-state index is 0.0816. The molecule has 1 fully saturated rings. The van der Waals surface area contributed by atoms with Gasteiger partial charge in [-0.3, -0.25) is 9.59 Å². The molecule has 2 aliphatic rings. The second-order valence-corrected chi connectivity index (χ2v) is 6.87. The number of hydrogen-bond donors (Lipinski definition) is 1. The molecule has 4 nitrogen and oxygen atoms in total. The molecule has 5 heteroatoms. The molecule has 21 heavy (non-hydrogen) atoms. The van der Waals surface area contributed by atoms with Crippen LogP contribution in [-0.2, 0) is 16.0 Å². The van der Waals surface area contributed by atoms with Crippen LogP contribution >= 0.6 is 11.8 Å². The average Bonchev–Trinajstić information content (AvgIpc) is 2.53. The third kappa shape index (κ3) is 2.93. The molecule has 112 valence electrons. The summed E-state index contributed by atoms with van der Waals surface area (Å²) in [5.41, 5.74) is 2.36. The van der Waals surface area contributed by atoms with Gasteiger partial charge in [0.05, 0.1) is 5.92 Å². The van der Waals surface area contributed by atoms with Gasteiger partial charge in [0.25, 0.3) is 0 Å². The Morgan fingerprint density at radius 2 is 2.10 bits per heavy atom. The van der Waals surface area contributed by atoms with Crippen LogP contribution in [-0.4, -0.2) is 40.7 Å². The molecule has 0 saturated carbocycles. The molecular formula is C16H19NO3S. The summed E-state index contributed by atoms with van der Waals surface area (Å²) >= 11 is 1.68. The number of piperidine rings is 1. The summed E-state index contributed by atoms with van der Waals surface area (Å²) in [6.45, 7) is 1.04. The van der Waals surface area contributed by atoms with E-state index in [1.54, 1.807) is 16.7 Å². The van der Waals surface area contributed by atoms with Crippen LogP contribution in [0.4, 0.5) is 0 Å². The van der Waals surface area contributed by atoms with Gasteiger partial charge >= 0.3 is 5.97 Å². The number of carbonyl (C=O) groups is 2. The molecule has 1 saturated heterocycles. The number of amides is 1. The Hall–Kier alpha value is -1.49. The van der Waals surface area contributed by atoms with Crippen molar-refractivity contribution < 1.29 is 14.7 Å². The summed E-state index contributed by atoms with van der Waals surface area (Å²) in [6.07, 6.45) is 2.46. The Morgan fingerprint density at radius 1 is 1.29 bits per heavy atom. The summed E-state index contributed by atoms with van der Waals surface area (Å²) in [4.78, 5) is 25.7. The number of carboxylic acids is 1. The number of aryl methyl sites for hydroxylation is 1. The van der Waals surface area contributed by atoms with E-state index in [9.17, 15) is 9.59 Å². The van der Waals surface area contributed by atoms with Gasteiger partial charge in [-0.2, -0.15) is 0 Å². The van der Waals surface area contributed by atoms with E-state index in [1.807, 2.05) is 18.2 Å². The first kappa shape index (κ1) is 14.4. The molecule has 0 radical (unpaired) electrons. The number of aliphatic carboxylic acids is 1. The minimum atomic E-state index is -0.788. The van der Waals surface area contributed by atoms with Gasteiger partial charge in [-0.05, 0) is 36.1 Å². The Morgan fingerprint density at radius 3 is 2.90 bits per heavy atom. The van der Waals surface area contributed by atoms with Crippen LogP contribution in [0.1, 0.15) is 29.2 Å². The fourth-order valence-corrected chi connectivity index (χ4v) is 4.42. The van der Waals surface area contributed by atoms with Gasteiger partial charge in [0.15, 0.2) is 0 Å². The van der Waals surface area contributed by atoms with Gasteiger partial charge in [0.2, 0.25) is 5.91 Å². The number of carboxylic acid groups (broad SMARTS) is 1. The number of nitrogens with zero attached hydrogens (tertiary/aromatic N) is 1. The van der Waals surface area contributed by atoms with Crippen molar-refractivity contribution in [3.8, 4) is 0 Å². The molecule has 2 atom stereocenters. The van der Waals surface area contributed by atoms with Crippen molar-refractivity contribution in [1.82, 2.24) is 4.90 Å². The standard InChI is InChI=1S/C16H19NO3S/c18-15(17-8-3-5-12(10-17)16(19)20)14-13-6-2-1-4-11(13)7-9-21-14/h1-2,4,6,12,14H,3,5,7-10H2,(H,19,20). The van der Waals surface area contributed by atoms with Crippen LogP contribution in [0.15, 0.2) is 24.3 Å². The van der Waals surface area contributed by atoms with Crippen LogP contribution < -0.4 is 0 Å². The number of rotatable bonds is 2. The molecule has 0 bridgehead atoms. The third-order valence-corrected chi connectivity index (χ3v) is 5.53. The largest absolute Gasteiger partial charge is 0.481 e. The number of hydrogen-bond acceptors (Lipinski definition) is 3. The van der Waals surface area contributed by atoms with E-state index in [1.165, 1.54) is 5.56 Å². The number of benzene rings is 1. The van der Waals surface area contributed by atoms with E-state index < -0.39 is 11.9 Å². The highest BCUT2D eigenvalue weighted by atomic mass is 32.2. The lowest BCUT2D eigenvalue weighted by molar-refractivity contribution is -0.145. The van der Waals surface area contributed by atoms with Gasteiger partial charge in [-0.15, -0.1) is 11.8 Å². The van der Waals surface area contributed by atoms with Crippen molar-refractivity contribution in [3.63, 3.8) is 0 Å². The predicted molar refractivity (Wildman–Crippen MR) is 82.3 cm³/mol. The van der Waals surface area contributed by atoms with Gasteiger partial charge in [0, 0.05) is 13.1 Å². The molecule has 0 spiro atoms. The van der Waals surface area contributed by atoms with Crippen LogP contribution in [0.5, 0.6) is 0 Å². The van der Waals surface area contributed by atoms with Gasteiger partial charge in [-0.25, -0.2) is 0 Å². The SMILES string of the molecule is O=C(O)C1CCCN(C(=O)C2SCCc3ccccc32)C1. The fourth-order valence-electron chi connectivity index (χ4n) is 3.14. The zero-order valence-corrected chi connectivity index (χ0v) is 12.6. The maximum Gasteiger partial charge on any atom is 0.308 e. The molecule has 2 heterocycles. The van der Waals surface area contributed by atoms with E-state index in [0.717, 1.165) is 24.2 Å². The van der Waals surface area contributed by atoms with Crippen LogP contribution in [0.25, 0.3) is 0 Å². The first-order valence-corrected chi connectivity index (χ1v) is 8.42. The van der Waals surface area contributed by atoms with E-state index in [-0.39, 0.29) is 11.2 Å². The molecule has 3 rings (SSSR count). The molecule has 1 amide bonds. The second kappa shape index (κ2) is 6.10. The first-order valence-electron chi connectivity index (χ1n) is 7.38. The van der Waals surface area contributed by atoms with Crippen molar-refractivity contribution >= 4 is 23.6 Å². The molecule has 2 unspecified atom stereocenters. The van der Waals surface area contributed by atoms with E-state index in [4.69, 9.17) is 5.11 Å². The molecule has 1 aromatic rings. The average molecular weight is 305 g/mol. The molecule has 2 aliphatic heterocycles. The van der Waals surface area contributed by atoms with Gasteiger partial charge in [0.1, 0.15) is 5.25 Å². The predicted octanol–water partition coefficient (Wildman–Crippen LogP) is 2.34. The fraction of sp³-hybridized carbons (Fsp3) is 0.500. The Labute approximate surface area is 128 Å². The lowest BCUT2D eigenvalue weighted by atomic mass is 9.96. The summed E-state index contributed by atoms with van der Waals surface area (Å²) in [5.74, 6) is -0.169. The maximum atomic E-state index is 12.8. The van der Waals surface area contributed by atoms with Crippen molar-refractivity contribution in [2.24, 2.45) is 5.92 Å². The third-order valence-electron chi connectivity index (χ3n) is 4.30. The van der Waals surface area contributed by atoms with E-state index in [2.05, 4.69) is 6.07 Å². The highest BCUT2D eigenvalue weighted by Crippen LogP contribution is 2.38. The molecule has 0 aromatic heterocycles. The van der Waals surface area contributed by atoms with Crippen molar-refractivity contribution in [2.45, 2.75) is 24.5 Å². The number of likely N-dealkylation sites (tertiary alicyclic amines) is 1. The van der Waals surface area contributed by atoms with Crippen LogP contribution in [0.3, 0.4) is 0 Å². The zero-order chi connectivity index (χ0) is 14.8. The normalized spacial score (nSPS) is 25.2. The van der Waals surface area contributed by atoms with Gasteiger partial charge < -0.3 is 10.0 Å². The van der Waals surface area contributed by atoms with Crippen molar-refractivity contribution in [1.29, 1.82) is 0 Å². The highest BCUT2D eigenvalue weighted by Gasteiger charge is 2.34. The molecular weight excluding hydrogens is 286 g/mol. The molecule has 1 N–H and O–H groups in total. The van der Waals surface area contributed by atoms with Gasteiger partial charge in [-0.1, -0.05) is 24.3 Å². The molecule has 1 aromatic carbocycles. The topological polar surface area (TPSA) is 57.6 Å². The van der Waals surface area contributed by atoms with E-state index in [0.29, 0.717) is 19.5 Å². The quantitative estimate of drug-likeness (QED) is 0.911. The van der Waals surface area contributed by atoms with Crippen LogP contribution in [0, 0.1) is 5.92 Å². The summed E-state index contributed by atoms with van der Waals surface area (Å²) in [7, 11) is 0. The van der Waals surface area contributed by atoms with Crippen LogP contribution in [0.2, 0.25) is 0 Å². The summed E-state index contributed by atoms with van der Waals surface area (Å²) in [5, 5.41) is 9.00. The Kier molecular flexibility index (Phi) is 4.19. The number of carbonyl (C=O) groups excluding carboxylic acids is 1. The zero-order valence-electron chi connectivity index (χ0n) is 11.8. The smallest absolute Gasteiger partial charge is 0.308 e. The first-order chi connectivity index (χ1) is 10.2. The maximum absolute atomic E-state index is 12.8. The lowest BCUT2D eigenvalue weighted by Crippen LogP contribution is -2.44. The van der Waals surface area contributed by atoms with E-state index >= 15 is 0 Å². The Bertz CT molecular complexity index is 560. The summed E-state index contributed by atoms with van der Waals surface area (Å²) < 4.78 is 0. The Balaban J connectivity index is 1.78. The highest BCUT2D eigenvalue weighted by molar-refractivity contribution is 8.00.